The zero-order valence-electron chi connectivity index (χ0n) is 16.6. The van der Waals surface area contributed by atoms with Gasteiger partial charge in [0, 0.05) is 12.6 Å². The number of nitrogens with two attached hydrogens (primary N) is 1. The van der Waals surface area contributed by atoms with E-state index < -0.39 is 54.9 Å². The summed E-state index contributed by atoms with van der Waals surface area (Å²) in [5.74, 6) is -1.59. The van der Waals surface area contributed by atoms with Crippen molar-refractivity contribution < 1.29 is 33.3 Å². The molecular weight excluding hydrogens is 403 g/mol. The second-order valence-corrected chi connectivity index (χ2v) is 6.65. The number of nitrogens with zero attached hydrogens (tertiary/aromatic N) is 3. The van der Waals surface area contributed by atoms with Gasteiger partial charge in [-0.2, -0.15) is 11.2 Å². The number of aliphatic hydroxyl groups is 1. The summed E-state index contributed by atoms with van der Waals surface area (Å²) < 4.78 is 30.9. The maximum Gasteiger partial charge on any atom is 0.351 e. The number of allylic oxidation sites excluding steroid dienone is 1. The molecule has 0 aromatic carbocycles. The van der Waals surface area contributed by atoms with Crippen LogP contribution in [0, 0.1) is 0 Å². The van der Waals surface area contributed by atoms with Crippen LogP contribution >= 0.6 is 0 Å². The molecule has 0 spiro atoms. The van der Waals surface area contributed by atoms with E-state index in [1.54, 1.807) is 13.0 Å². The van der Waals surface area contributed by atoms with Crippen molar-refractivity contribution in [3.8, 4) is 0 Å². The fraction of sp³-hybridized carbons (Fsp3) is 0.556. The molecule has 1 aliphatic rings. The predicted octanol–water partition coefficient (Wildman–Crippen LogP) is 0.196. The minimum absolute atomic E-state index is 0.00562. The number of ether oxygens (including phenoxy) is 3. The van der Waals surface area contributed by atoms with Crippen LogP contribution in [-0.2, 0) is 23.8 Å². The number of halogens is 1. The Morgan fingerprint density at radius 2 is 2.20 bits per heavy atom. The molecule has 2 heterocycles. The smallest absolute Gasteiger partial charge is 0.351 e. The van der Waals surface area contributed by atoms with E-state index in [9.17, 15) is 19.5 Å². The summed E-state index contributed by atoms with van der Waals surface area (Å²) in [6, 6.07) is 1.28. The number of esters is 2. The van der Waals surface area contributed by atoms with E-state index in [-0.39, 0.29) is 18.8 Å². The van der Waals surface area contributed by atoms with E-state index in [1.165, 1.54) is 18.5 Å². The van der Waals surface area contributed by atoms with Gasteiger partial charge in [-0.15, -0.1) is 12.6 Å². The highest BCUT2D eigenvalue weighted by atomic mass is 19.1. The van der Waals surface area contributed by atoms with Crippen molar-refractivity contribution in [3.63, 3.8) is 0 Å². The van der Waals surface area contributed by atoms with Crippen molar-refractivity contribution in [2.24, 2.45) is 0 Å². The van der Waals surface area contributed by atoms with Gasteiger partial charge in [-0.1, -0.05) is 0 Å². The van der Waals surface area contributed by atoms with Gasteiger partial charge in [-0.05, 0) is 19.9 Å². The predicted molar refractivity (Wildman–Crippen MR) is 102 cm³/mol. The summed E-state index contributed by atoms with van der Waals surface area (Å²) in [4.78, 5) is 38.7. The first kappa shape index (κ1) is 23.3. The molecule has 0 radical (unpaired) electrons. The Morgan fingerprint density at radius 3 is 2.87 bits per heavy atom. The normalized spacial score (nSPS) is 25.9. The number of alkyl halides is 1. The highest BCUT2D eigenvalue weighted by Gasteiger charge is 2.55. The fourth-order valence-electron chi connectivity index (χ4n) is 2.72. The first-order valence-electron chi connectivity index (χ1n) is 9.13. The maximum atomic E-state index is 15.0. The van der Waals surface area contributed by atoms with Crippen molar-refractivity contribution in [1.82, 2.24) is 9.55 Å². The number of hydrogen-bond donors (Lipinski definition) is 2. The standard InChI is InChI=1S/C18H24FN4O7/c1-3-6-21-7-4-13(24)29-10-14(25)28-9-11-15(26)18(2,19)16(30-11)23-8-5-12(20)22-17(23)27/h3,5-6,8,11,15-16,26H,4,7,9-10H2,1-2H3,(H2,20,22,27)/q-1/b6-3-/t11-,15+,16-,18+/m1/s1. The van der Waals surface area contributed by atoms with E-state index in [2.05, 4.69) is 10.3 Å². The molecule has 2 rings (SSSR count). The molecule has 0 amide bonds. The van der Waals surface area contributed by atoms with Crippen LogP contribution in [0.5, 0.6) is 0 Å². The number of aliphatic hydroxyl groups excluding tert-OH is 1. The summed E-state index contributed by atoms with van der Waals surface area (Å²) >= 11 is 0. The minimum atomic E-state index is -2.37. The van der Waals surface area contributed by atoms with E-state index >= 15 is 4.39 Å². The molecule has 0 bridgehead atoms. The second kappa shape index (κ2) is 10.2. The van der Waals surface area contributed by atoms with E-state index in [1.807, 2.05) is 0 Å². The minimum Gasteiger partial charge on any atom is -0.690 e. The lowest BCUT2D eigenvalue weighted by atomic mass is 9.98. The first-order chi connectivity index (χ1) is 14.2. The zero-order valence-corrected chi connectivity index (χ0v) is 16.6. The average molecular weight is 427 g/mol. The van der Waals surface area contributed by atoms with E-state index in [4.69, 9.17) is 19.9 Å². The van der Waals surface area contributed by atoms with Crippen molar-refractivity contribution in [1.29, 1.82) is 0 Å². The lowest BCUT2D eigenvalue weighted by Crippen LogP contribution is -2.43. The van der Waals surface area contributed by atoms with Crippen LogP contribution in [0.1, 0.15) is 26.5 Å². The first-order valence-corrected chi connectivity index (χ1v) is 9.13. The summed E-state index contributed by atoms with van der Waals surface area (Å²) in [6.45, 7) is 1.88. The lowest BCUT2D eigenvalue weighted by Gasteiger charge is -2.24. The molecule has 166 valence electrons. The third-order valence-corrected chi connectivity index (χ3v) is 4.28. The Balaban J connectivity index is 1.86. The second-order valence-electron chi connectivity index (χ2n) is 6.65. The summed E-state index contributed by atoms with van der Waals surface area (Å²) in [6.07, 6.45) is -0.0331. The molecule has 4 atom stereocenters. The van der Waals surface area contributed by atoms with Gasteiger partial charge >= 0.3 is 17.6 Å². The number of carbonyl (C=O) groups excluding carboxylic acids is 2. The summed E-state index contributed by atoms with van der Waals surface area (Å²) in [5.41, 5.74) is 2.18. The molecule has 0 aliphatic carbocycles. The molecule has 1 saturated heterocycles. The van der Waals surface area contributed by atoms with E-state index in [0.29, 0.717) is 0 Å². The van der Waals surface area contributed by atoms with Crippen LogP contribution < -0.4 is 11.4 Å². The van der Waals surface area contributed by atoms with Crippen LogP contribution in [-0.4, -0.2) is 64.2 Å². The highest BCUT2D eigenvalue weighted by molar-refractivity contribution is 5.76. The molecule has 0 unspecified atom stereocenters. The van der Waals surface area contributed by atoms with Gasteiger partial charge in [-0.25, -0.2) is 14.0 Å². The average Bonchev–Trinajstić information content (AvgIpc) is 2.91. The molecule has 1 aromatic heterocycles. The molecule has 12 heteroatoms. The molecule has 1 aromatic rings. The van der Waals surface area contributed by atoms with Crippen molar-refractivity contribution >= 4 is 17.8 Å². The van der Waals surface area contributed by atoms with Gasteiger partial charge in [-0.3, -0.25) is 9.36 Å². The highest BCUT2D eigenvalue weighted by Crippen LogP contribution is 2.40. The monoisotopic (exact) mass is 427 g/mol. The molecule has 30 heavy (non-hydrogen) atoms. The van der Waals surface area contributed by atoms with Crippen molar-refractivity contribution in [3.05, 3.63) is 40.3 Å². The Bertz CT molecular complexity index is 842. The summed E-state index contributed by atoms with van der Waals surface area (Å²) in [7, 11) is 0. The number of carbonyl (C=O) groups is 2. The van der Waals surface area contributed by atoms with Crippen LogP contribution in [0.2, 0.25) is 0 Å². The third kappa shape index (κ3) is 5.76. The van der Waals surface area contributed by atoms with Gasteiger partial charge in [0.15, 0.2) is 18.5 Å². The van der Waals surface area contributed by atoms with Gasteiger partial charge in [0.05, 0.1) is 0 Å². The SMILES string of the molecule is C/C=C\[N-]CCC(=O)OCC(=O)OC[C@H]1O[C@@H](n2ccc(N)nc2=O)[C@@](C)(F)[C@H]1O. The molecule has 1 aliphatic heterocycles. The number of rotatable bonds is 9. The maximum absolute atomic E-state index is 15.0. The van der Waals surface area contributed by atoms with Crippen LogP contribution in [0.25, 0.3) is 5.32 Å². The van der Waals surface area contributed by atoms with Crippen LogP contribution in [0.4, 0.5) is 10.2 Å². The van der Waals surface area contributed by atoms with Gasteiger partial charge in [0.25, 0.3) is 0 Å². The number of nitrogen functional groups attached to an aromatic ring is 1. The largest absolute Gasteiger partial charge is 0.690 e. The fourth-order valence-corrected chi connectivity index (χ4v) is 2.72. The molecule has 0 saturated carbocycles. The number of hydrogen-bond acceptors (Lipinski definition) is 9. The molecular formula is C18H24FN4O7-. The number of aromatic nitrogens is 2. The van der Waals surface area contributed by atoms with E-state index in [0.717, 1.165) is 11.5 Å². The lowest BCUT2D eigenvalue weighted by molar-refractivity contribution is -0.162. The van der Waals surface area contributed by atoms with Crippen LogP contribution in [0.15, 0.2) is 29.3 Å². The molecule has 3 N–H and O–H groups in total. The Kier molecular flexibility index (Phi) is 7.89. The van der Waals surface area contributed by atoms with Crippen molar-refractivity contribution in [2.75, 3.05) is 25.5 Å². The van der Waals surface area contributed by atoms with Gasteiger partial charge < -0.3 is 30.4 Å². The summed E-state index contributed by atoms with van der Waals surface area (Å²) in [5, 5.41) is 14.1. The van der Waals surface area contributed by atoms with Gasteiger partial charge in [0.1, 0.15) is 24.6 Å². The Labute approximate surface area is 171 Å². The molecule has 11 nitrogen and oxygen atoms in total. The number of anilines is 1. The zero-order chi connectivity index (χ0) is 22.3. The Morgan fingerprint density at radius 1 is 1.47 bits per heavy atom. The van der Waals surface area contributed by atoms with Gasteiger partial charge in [0.2, 0.25) is 0 Å². The third-order valence-electron chi connectivity index (χ3n) is 4.28. The topological polar surface area (TPSA) is 157 Å². The van der Waals surface area contributed by atoms with Crippen LogP contribution in [0.3, 0.4) is 0 Å². The Hall–Kier alpha value is -2.99. The quantitative estimate of drug-likeness (QED) is 0.415. The molecule has 1 fully saturated rings. The van der Waals surface area contributed by atoms with Crippen molar-refractivity contribution in [2.45, 2.75) is 44.4 Å².